The fourth-order valence-corrected chi connectivity index (χ4v) is 3.72. The van der Waals surface area contributed by atoms with Crippen LogP contribution in [0.2, 0.25) is 0 Å². The first-order chi connectivity index (χ1) is 17.7. The number of halogens is 16. The zero-order valence-corrected chi connectivity index (χ0v) is 17.8. The minimum Gasteiger partial charge on any atom is -0.454 e. The predicted molar refractivity (Wildman–Crippen MR) is 94.6 cm³/mol. The average Bonchev–Trinajstić information content (AvgIpc) is 2.81. The molecule has 0 aliphatic heterocycles. The van der Waals surface area contributed by atoms with E-state index in [1.54, 1.807) is 0 Å². The molecule has 3 aromatic carbocycles. The van der Waals surface area contributed by atoms with Gasteiger partial charge in [-0.15, -0.1) is 0 Å². The second-order valence-corrected chi connectivity index (χ2v) is 7.88. The van der Waals surface area contributed by atoms with Crippen LogP contribution < -0.4 is 4.74 Å². The first-order valence-electron chi connectivity index (χ1n) is 9.75. The number of ether oxygens (including phenoxy) is 1. The lowest BCUT2D eigenvalue weighted by atomic mass is 9.86. The minimum atomic E-state index is -6.80. The smallest absolute Gasteiger partial charge is 0.346 e. The Balaban J connectivity index is 2.28. The van der Waals surface area contributed by atoms with Gasteiger partial charge in [-0.05, 0) is 24.3 Å². The Morgan fingerprint density at radius 3 is 1.03 bits per heavy atom. The van der Waals surface area contributed by atoms with Gasteiger partial charge >= 0.3 is 23.7 Å². The van der Waals surface area contributed by atoms with Crippen LogP contribution in [0, 0.1) is 46.5 Å². The van der Waals surface area contributed by atoms with Gasteiger partial charge in [0.25, 0.3) is 0 Å². The van der Waals surface area contributed by atoms with Gasteiger partial charge in [0.15, 0.2) is 46.5 Å². The van der Waals surface area contributed by atoms with Gasteiger partial charge in [0, 0.05) is 0 Å². The van der Waals surface area contributed by atoms with Gasteiger partial charge < -0.3 is 4.74 Å². The summed E-state index contributed by atoms with van der Waals surface area (Å²) in [4.78, 5) is 0. The molecule has 0 amide bonds. The summed E-state index contributed by atoms with van der Waals surface area (Å²) in [5.74, 6) is -57.8. The van der Waals surface area contributed by atoms with Crippen molar-refractivity contribution in [3.8, 4) is 11.5 Å². The van der Waals surface area contributed by atoms with Crippen LogP contribution in [0.3, 0.4) is 0 Å². The van der Waals surface area contributed by atoms with Crippen LogP contribution in [0.25, 0.3) is 0 Å². The van der Waals surface area contributed by atoms with Crippen LogP contribution >= 0.6 is 0 Å². The number of benzene rings is 3. The summed E-state index contributed by atoms with van der Waals surface area (Å²) in [6.07, 6.45) is 0. The van der Waals surface area contributed by atoms with Gasteiger partial charge in [-0.25, -0.2) is 35.1 Å². The molecule has 0 N–H and O–H groups in total. The Morgan fingerprint density at radius 1 is 0.385 bits per heavy atom. The van der Waals surface area contributed by atoms with E-state index in [1.165, 1.54) is 0 Å². The van der Waals surface area contributed by atoms with Crippen molar-refractivity contribution in [1.82, 2.24) is 0 Å². The molecule has 4 aliphatic rings. The molecular weight excluding hydrogens is 584 g/mol. The van der Waals surface area contributed by atoms with E-state index in [0.717, 1.165) is 0 Å². The van der Waals surface area contributed by atoms with E-state index < -0.39 is 104 Å². The van der Waals surface area contributed by atoms with Crippen molar-refractivity contribution in [2.24, 2.45) is 0 Å². The van der Waals surface area contributed by atoms with Gasteiger partial charge in [-0.2, -0.15) is 35.1 Å². The fourth-order valence-electron chi connectivity index (χ4n) is 3.72. The Kier molecular flexibility index (Phi) is 6.12. The molecule has 0 atom stereocenters. The molecule has 4 bridgehead atoms. The molecule has 3 aromatic rings. The second kappa shape index (κ2) is 8.42. The van der Waals surface area contributed by atoms with Crippen LogP contribution in [0.4, 0.5) is 70.2 Å². The molecule has 39 heavy (non-hydrogen) atoms. The minimum absolute atomic E-state index is 0.369. The molecule has 7 rings (SSSR count). The molecule has 17 heteroatoms. The molecule has 4 aliphatic carbocycles. The standard InChI is InChI=1S/C22H4F16O/c23-5-1-3-6(4-2-5)39-18-10-16(29)15(28)9(17(18)30)21(35,36)19(31,32)7-11(24)13(26)8(14(27)12(7)25)20(33,34)22(10,37)38/h1-4H. The van der Waals surface area contributed by atoms with Gasteiger partial charge in [0.05, 0.1) is 0 Å². The zero-order valence-electron chi connectivity index (χ0n) is 17.8. The molecule has 0 unspecified atom stereocenters. The molecule has 210 valence electrons. The molecule has 0 saturated carbocycles. The van der Waals surface area contributed by atoms with Crippen LogP contribution in [-0.4, -0.2) is 0 Å². The van der Waals surface area contributed by atoms with Gasteiger partial charge in [0.1, 0.15) is 33.8 Å². The molecule has 0 fully saturated rings. The lowest BCUT2D eigenvalue weighted by Crippen LogP contribution is -2.44. The maximum atomic E-state index is 15.2. The van der Waals surface area contributed by atoms with E-state index in [4.69, 9.17) is 0 Å². The van der Waals surface area contributed by atoms with Crippen LogP contribution in [0.1, 0.15) is 22.3 Å². The van der Waals surface area contributed by atoms with E-state index in [1.807, 2.05) is 0 Å². The number of alkyl halides is 8. The lowest BCUT2D eigenvalue weighted by Gasteiger charge is -2.34. The molecule has 0 radical (unpaired) electrons. The highest BCUT2D eigenvalue weighted by atomic mass is 19.3. The molecule has 0 spiro atoms. The first-order valence-corrected chi connectivity index (χ1v) is 9.75. The van der Waals surface area contributed by atoms with E-state index in [-0.39, 0.29) is 0 Å². The van der Waals surface area contributed by atoms with E-state index in [0.29, 0.717) is 24.3 Å². The highest BCUT2D eigenvalue weighted by molar-refractivity contribution is 5.52. The highest BCUT2D eigenvalue weighted by Crippen LogP contribution is 2.60. The number of rotatable bonds is 2. The first kappa shape index (κ1) is 28.4. The predicted octanol–water partition coefficient (Wildman–Crippen LogP) is 8.67. The van der Waals surface area contributed by atoms with Crippen molar-refractivity contribution in [1.29, 1.82) is 0 Å². The van der Waals surface area contributed by atoms with Gasteiger partial charge in [-0.1, -0.05) is 0 Å². The van der Waals surface area contributed by atoms with Crippen molar-refractivity contribution >= 4 is 0 Å². The van der Waals surface area contributed by atoms with Crippen molar-refractivity contribution < 1.29 is 75.0 Å². The molecule has 0 saturated heterocycles. The Bertz CT molecular complexity index is 1480. The number of hydrogen-bond acceptors (Lipinski definition) is 1. The maximum absolute atomic E-state index is 15.2. The third-order valence-corrected chi connectivity index (χ3v) is 5.62. The average molecular weight is 588 g/mol. The Morgan fingerprint density at radius 2 is 0.667 bits per heavy atom. The third-order valence-electron chi connectivity index (χ3n) is 5.62. The zero-order chi connectivity index (χ0) is 29.6. The summed E-state index contributed by atoms with van der Waals surface area (Å²) in [5.41, 5.74) is -14.5. The Labute approximate surface area is 204 Å². The van der Waals surface area contributed by atoms with Gasteiger partial charge in [-0.3, -0.25) is 0 Å². The highest BCUT2D eigenvalue weighted by Gasteiger charge is 2.70. The van der Waals surface area contributed by atoms with Crippen molar-refractivity contribution in [3.63, 3.8) is 0 Å². The van der Waals surface area contributed by atoms with Crippen LogP contribution in [0.5, 0.6) is 11.5 Å². The summed E-state index contributed by atoms with van der Waals surface area (Å²) in [7, 11) is 0. The van der Waals surface area contributed by atoms with E-state index in [2.05, 4.69) is 4.74 Å². The fraction of sp³-hybridized carbons (Fsp3) is 0.182. The second-order valence-electron chi connectivity index (χ2n) is 7.88. The molecule has 0 heterocycles. The topological polar surface area (TPSA) is 9.23 Å². The summed E-state index contributed by atoms with van der Waals surface area (Å²) >= 11 is 0. The van der Waals surface area contributed by atoms with Crippen molar-refractivity contribution in [2.45, 2.75) is 23.7 Å². The number of hydrogen-bond donors (Lipinski definition) is 0. The van der Waals surface area contributed by atoms with Gasteiger partial charge in [0.2, 0.25) is 0 Å². The van der Waals surface area contributed by atoms with Crippen LogP contribution in [-0.2, 0) is 23.7 Å². The third kappa shape index (κ3) is 3.57. The van der Waals surface area contributed by atoms with E-state index in [9.17, 15) is 57.1 Å². The summed E-state index contributed by atoms with van der Waals surface area (Å²) in [6.45, 7) is 0. The quantitative estimate of drug-likeness (QED) is 0.215. The lowest BCUT2D eigenvalue weighted by molar-refractivity contribution is -0.236. The molecule has 1 nitrogen and oxygen atoms in total. The molecule has 0 aromatic heterocycles. The summed E-state index contributed by atoms with van der Waals surface area (Å²) in [5, 5.41) is 0. The molecular formula is C22H4F16O. The maximum Gasteiger partial charge on any atom is 0.346 e. The Hall–Kier alpha value is -3.66. The summed E-state index contributed by atoms with van der Waals surface area (Å²) in [6, 6.07) is 1.54. The SMILES string of the molecule is Fc1ccc(Oc2c(F)c3c(F)c(F)c2C(F)(F)C(F)(F)c2c(F)c(F)c(c(F)c2F)C(F)(F)C3(F)F)cc1. The largest absolute Gasteiger partial charge is 0.454 e. The normalized spacial score (nSPS) is 18.6. The monoisotopic (exact) mass is 588 g/mol. The van der Waals surface area contributed by atoms with Crippen molar-refractivity contribution in [2.75, 3.05) is 0 Å². The van der Waals surface area contributed by atoms with Crippen LogP contribution in [0.15, 0.2) is 24.3 Å². The summed E-state index contributed by atoms with van der Waals surface area (Å²) < 4.78 is 239. The van der Waals surface area contributed by atoms with Crippen molar-refractivity contribution in [3.05, 3.63) is 93.1 Å². The van der Waals surface area contributed by atoms with E-state index >= 15 is 13.2 Å².